The van der Waals surface area contributed by atoms with Crippen LogP contribution in [0.3, 0.4) is 0 Å². The van der Waals surface area contributed by atoms with E-state index in [1.54, 1.807) is 0 Å². The topological polar surface area (TPSA) is 57.9 Å². The van der Waals surface area contributed by atoms with E-state index in [9.17, 15) is 0 Å². The summed E-state index contributed by atoms with van der Waals surface area (Å²) in [5.41, 5.74) is 11.8. The minimum atomic E-state index is 0.836. The third kappa shape index (κ3) is 2.28. The number of anilines is 1. The molecule has 3 N–H and O–H groups in total. The molecule has 0 bridgehead atoms. The molecule has 4 heteroatoms. The first-order valence-corrected chi connectivity index (χ1v) is 7.32. The molecule has 1 aliphatic heterocycles. The summed E-state index contributed by atoms with van der Waals surface area (Å²) in [6, 6.07) is 14.4. The van der Waals surface area contributed by atoms with Crippen LogP contribution in [0, 0.1) is 0 Å². The lowest BCUT2D eigenvalue weighted by Crippen LogP contribution is -2.31. The Bertz CT molecular complexity index is 757. The number of H-pyrrole nitrogens is 1. The standard InChI is InChI=1S/C17H18N4/c18-14-5-3-4-12-8-9-21(10-13(12)14)11-17-19-15-6-1-2-7-16(15)20-17/h1-7H,8-11,18H2,(H,19,20). The number of nitrogen functional groups attached to an aromatic ring is 1. The van der Waals surface area contributed by atoms with Crippen LogP contribution in [0.4, 0.5) is 5.69 Å². The molecule has 0 saturated carbocycles. The van der Waals surface area contributed by atoms with Gasteiger partial charge in [0, 0.05) is 18.8 Å². The van der Waals surface area contributed by atoms with E-state index in [1.165, 1.54) is 11.1 Å². The Balaban J connectivity index is 1.57. The van der Waals surface area contributed by atoms with Crippen molar-refractivity contribution in [3.63, 3.8) is 0 Å². The third-order valence-electron chi connectivity index (χ3n) is 4.20. The Morgan fingerprint density at radius 3 is 2.95 bits per heavy atom. The van der Waals surface area contributed by atoms with Gasteiger partial charge in [-0.1, -0.05) is 24.3 Å². The van der Waals surface area contributed by atoms with Crippen LogP contribution in [0.15, 0.2) is 42.5 Å². The van der Waals surface area contributed by atoms with Gasteiger partial charge < -0.3 is 10.7 Å². The van der Waals surface area contributed by atoms with Crippen LogP contribution in [0.5, 0.6) is 0 Å². The normalized spacial score (nSPS) is 15.2. The van der Waals surface area contributed by atoms with Crippen molar-refractivity contribution in [2.75, 3.05) is 12.3 Å². The number of aromatic nitrogens is 2. The van der Waals surface area contributed by atoms with Gasteiger partial charge in [0.05, 0.1) is 17.6 Å². The van der Waals surface area contributed by atoms with Crippen molar-refractivity contribution in [3.05, 3.63) is 59.4 Å². The molecule has 0 radical (unpaired) electrons. The fourth-order valence-corrected chi connectivity index (χ4v) is 3.09. The van der Waals surface area contributed by atoms with Crippen molar-refractivity contribution in [1.29, 1.82) is 0 Å². The van der Waals surface area contributed by atoms with Gasteiger partial charge in [-0.2, -0.15) is 0 Å². The monoisotopic (exact) mass is 278 g/mol. The molecule has 0 atom stereocenters. The van der Waals surface area contributed by atoms with E-state index in [2.05, 4.69) is 27.0 Å². The first kappa shape index (κ1) is 12.4. The number of hydrogen-bond donors (Lipinski definition) is 2. The minimum Gasteiger partial charge on any atom is -0.398 e. The molecule has 4 nitrogen and oxygen atoms in total. The molecule has 0 saturated heterocycles. The van der Waals surface area contributed by atoms with Crippen molar-refractivity contribution >= 4 is 16.7 Å². The number of imidazole rings is 1. The SMILES string of the molecule is Nc1cccc2c1CN(Cc1nc3ccccc3[nH]1)CC2. The summed E-state index contributed by atoms with van der Waals surface area (Å²) in [4.78, 5) is 10.5. The minimum absolute atomic E-state index is 0.836. The Kier molecular flexibility index (Phi) is 2.89. The van der Waals surface area contributed by atoms with E-state index in [0.29, 0.717) is 0 Å². The highest BCUT2D eigenvalue weighted by Crippen LogP contribution is 2.25. The molecule has 106 valence electrons. The lowest BCUT2D eigenvalue weighted by molar-refractivity contribution is 0.241. The van der Waals surface area contributed by atoms with Crippen LogP contribution >= 0.6 is 0 Å². The quantitative estimate of drug-likeness (QED) is 0.709. The van der Waals surface area contributed by atoms with Gasteiger partial charge in [-0.3, -0.25) is 4.90 Å². The molecule has 0 unspecified atom stereocenters. The Hall–Kier alpha value is -2.33. The van der Waals surface area contributed by atoms with Crippen molar-refractivity contribution < 1.29 is 0 Å². The number of benzene rings is 2. The second-order valence-electron chi connectivity index (χ2n) is 5.65. The third-order valence-corrected chi connectivity index (χ3v) is 4.20. The van der Waals surface area contributed by atoms with Gasteiger partial charge in [0.1, 0.15) is 5.82 Å². The van der Waals surface area contributed by atoms with E-state index < -0.39 is 0 Å². The zero-order chi connectivity index (χ0) is 14.2. The van der Waals surface area contributed by atoms with Crippen LogP contribution in [-0.2, 0) is 19.5 Å². The maximum absolute atomic E-state index is 6.11. The highest BCUT2D eigenvalue weighted by Gasteiger charge is 2.19. The van der Waals surface area contributed by atoms with E-state index in [0.717, 1.165) is 48.6 Å². The van der Waals surface area contributed by atoms with Crippen LogP contribution in [0.1, 0.15) is 17.0 Å². The summed E-state index contributed by atoms with van der Waals surface area (Å²) in [6.07, 6.45) is 1.06. The average Bonchev–Trinajstić information content (AvgIpc) is 2.90. The lowest BCUT2D eigenvalue weighted by atomic mass is 9.98. The smallest absolute Gasteiger partial charge is 0.121 e. The van der Waals surface area contributed by atoms with E-state index >= 15 is 0 Å². The second-order valence-corrected chi connectivity index (χ2v) is 5.65. The second kappa shape index (κ2) is 4.90. The molecule has 21 heavy (non-hydrogen) atoms. The first-order valence-electron chi connectivity index (χ1n) is 7.32. The van der Waals surface area contributed by atoms with Gasteiger partial charge in [0.2, 0.25) is 0 Å². The largest absolute Gasteiger partial charge is 0.398 e. The number of nitrogens with zero attached hydrogens (tertiary/aromatic N) is 2. The maximum Gasteiger partial charge on any atom is 0.121 e. The molecule has 0 amide bonds. The molecular weight excluding hydrogens is 260 g/mol. The van der Waals surface area contributed by atoms with Gasteiger partial charge in [-0.15, -0.1) is 0 Å². The average molecular weight is 278 g/mol. The molecule has 0 aliphatic carbocycles. The van der Waals surface area contributed by atoms with Gasteiger partial charge in [0.15, 0.2) is 0 Å². The fraction of sp³-hybridized carbons (Fsp3) is 0.235. The number of fused-ring (bicyclic) bond motifs is 2. The van der Waals surface area contributed by atoms with Crippen molar-refractivity contribution in [2.45, 2.75) is 19.5 Å². The number of aromatic amines is 1. The Labute approximate surface area is 123 Å². The summed E-state index contributed by atoms with van der Waals surface area (Å²) in [7, 11) is 0. The van der Waals surface area contributed by atoms with Crippen molar-refractivity contribution in [3.8, 4) is 0 Å². The van der Waals surface area contributed by atoms with Crippen molar-refractivity contribution in [1.82, 2.24) is 14.9 Å². The number of rotatable bonds is 2. The fourth-order valence-electron chi connectivity index (χ4n) is 3.09. The zero-order valence-electron chi connectivity index (χ0n) is 11.8. The molecule has 1 aromatic heterocycles. The van der Waals surface area contributed by atoms with E-state index in [-0.39, 0.29) is 0 Å². The molecule has 2 heterocycles. The number of nitrogens with two attached hydrogens (primary N) is 1. The highest BCUT2D eigenvalue weighted by atomic mass is 15.2. The lowest BCUT2D eigenvalue weighted by Gasteiger charge is -2.28. The van der Waals surface area contributed by atoms with Gasteiger partial charge in [-0.25, -0.2) is 4.98 Å². The Morgan fingerprint density at radius 2 is 2.05 bits per heavy atom. The number of para-hydroxylation sites is 2. The summed E-state index contributed by atoms with van der Waals surface area (Å²) in [6.45, 7) is 2.79. The predicted molar refractivity (Wildman–Crippen MR) is 84.8 cm³/mol. The molecule has 0 fully saturated rings. The van der Waals surface area contributed by atoms with E-state index in [1.807, 2.05) is 30.3 Å². The van der Waals surface area contributed by atoms with Crippen LogP contribution in [-0.4, -0.2) is 21.4 Å². The molecule has 2 aromatic carbocycles. The number of nitrogens with one attached hydrogen (secondary N) is 1. The zero-order valence-corrected chi connectivity index (χ0v) is 11.8. The Morgan fingerprint density at radius 1 is 1.14 bits per heavy atom. The summed E-state index contributed by atoms with van der Waals surface area (Å²) in [5.74, 6) is 1.02. The molecule has 0 spiro atoms. The van der Waals surface area contributed by atoms with Crippen LogP contribution in [0.2, 0.25) is 0 Å². The van der Waals surface area contributed by atoms with Gasteiger partial charge in [-0.05, 0) is 35.7 Å². The summed E-state index contributed by atoms with van der Waals surface area (Å²) >= 11 is 0. The molecular formula is C17H18N4. The summed E-state index contributed by atoms with van der Waals surface area (Å²) in [5, 5.41) is 0. The predicted octanol–water partition coefficient (Wildman–Crippen LogP) is 2.70. The van der Waals surface area contributed by atoms with Crippen molar-refractivity contribution in [2.24, 2.45) is 0 Å². The first-order chi connectivity index (χ1) is 10.3. The van der Waals surface area contributed by atoms with Gasteiger partial charge >= 0.3 is 0 Å². The number of hydrogen-bond acceptors (Lipinski definition) is 3. The maximum atomic E-state index is 6.11. The van der Waals surface area contributed by atoms with Gasteiger partial charge in [0.25, 0.3) is 0 Å². The highest BCUT2D eigenvalue weighted by molar-refractivity contribution is 5.74. The van der Waals surface area contributed by atoms with Crippen LogP contribution in [0.25, 0.3) is 11.0 Å². The molecule has 4 rings (SSSR count). The summed E-state index contributed by atoms with van der Waals surface area (Å²) < 4.78 is 0. The molecule has 1 aliphatic rings. The molecule has 3 aromatic rings. The van der Waals surface area contributed by atoms with Crippen LogP contribution < -0.4 is 5.73 Å². The van der Waals surface area contributed by atoms with E-state index in [4.69, 9.17) is 5.73 Å².